The Bertz CT molecular complexity index is 1500. The lowest BCUT2D eigenvalue weighted by Crippen LogP contribution is -2.31. The predicted octanol–water partition coefficient (Wildman–Crippen LogP) is 5.24. The van der Waals surface area contributed by atoms with Crippen LogP contribution in [0.25, 0.3) is 11.3 Å². The molecule has 0 bridgehead atoms. The number of benzene rings is 1. The van der Waals surface area contributed by atoms with Gasteiger partial charge < -0.3 is 30.9 Å². The highest BCUT2D eigenvalue weighted by Crippen LogP contribution is 2.44. The number of rotatable bonds is 4. The SMILES string of the molecule is C/C=C1/CNC(=O)c2c(nc(-c3cc(N)c(F)c(C)c3C(F)(F)F)c(F)c2NCc2cc(C)no2)O[C@@H](C)CCN1. The van der Waals surface area contributed by atoms with E-state index in [1.54, 1.807) is 32.9 Å². The van der Waals surface area contributed by atoms with Gasteiger partial charge in [0.1, 0.15) is 17.1 Å². The molecular formula is C27H29F5N6O3. The van der Waals surface area contributed by atoms with Crippen LogP contribution < -0.4 is 26.4 Å². The first-order chi connectivity index (χ1) is 19.3. The summed E-state index contributed by atoms with van der Waals surface area (Å²) in [5.74, 6) is -3.54. The lowest BCUT2D eigenvalue weighted by Gasteiger charge is -2.22. The first-order valence-electron chi connectivity index (χ1n) is 12.7. The van der Waals surface area contributed by atoms with Gasteiger partial charge in [-0.25, -0.2) is 13.8 Å². The van der Waals surface area contributed by atoms with E-state index in [-0.39, 0.29) is 24.4 Å². The number of nitrogens with one attached hydrogen (secondary N) is 3. The van der Waals surface area contributed by atoms with Crippen molar-refractivity contribution >= 4 is 17.3 Å². The molecule has 1 atom stereocenters. The number of aryl methyl sites for hydroxylation is 1. The molecule has 3 heterocycles. The van der Waals surface area contributed by atoms with Gasteiger partial charge in [0, 0.05) is 30.3 Å². The van der Waals surface area contributed by atoms with Crippen LogP contribution in [-0.2, 0) is 12.7 Å². The van der Waals surface area contributed by atoms with E-state index in [2.05, 4.69) is 26.1 Å². The van der Waals surface area contributed by atoms with Crippen molar-refractivity contribution in [3.63, 3.8) is 0 Å². The Hall–Kier alpha value is -4.36. The van der Waals surface area contributed by atoms with Crippen LogP contribution in [0.5, 0.6) is 5.88 Å². The van der Waals surface area contributed by atoms with Gasteiger partial charge in [0.15, 0.2) is 11.6 Å². The van der Waals surface area contributed by atoms with Crippen molar-refractivity contribution in [2.75, 3.05) is 24.1 Å². The molecule has 2 aromatic heterocycles. The number of allylic oxidation sites excluding steroid dienone is 1. The van der Waals surface area contributed by atoms with Gasteiger partial charge in [-0.1, -0.05) is 11.2 Å². The molecule has 220 valence electrons. The third kappa shape index (κ3) is 6.20. The monoisotopic (exact) mass is 580 g/mol. The number of ether oxygens (including phenoxy) is 1. The molecule has 1 aromatic carbocycles. The summed E-state index contributed by atoms with van der Waals surface area (Å²) in [7, 11) is 0. The van der Waals surface area contributed by atoms with E-state index in [1.807, 2.05) is 0 Å². The molecule has 41 heavy (non-hydrogen) atoms. The van der Waals surface area contributed by atoms with Crippen molar-refractivity contribution in [2.24, 2.45) is 0 Å². The van der Waals surface area contributed by atoms with Gasteiger partial charge in [0.05, 0.1) is 41.8 Å². The maximum atomic E-state index is 16.4. The number of aromatic nitrogens is 2. The van der Waals surface area contributed by atoms with Gasteiger partial charge in [-0.05, 0) is 39.3 Å². The first-order valence-corrected chi connectivity index (χ1v) is 12.7. The molecule has 0 aliphatic carbocycles. The van der Waals surface area contributed by atoms with Gasteiger partial charge in [-0.2, -0.15) is 13.2 Å². The number of anilines is 2. The summed E-state index contributed by atoms with van der Waals surface area (Å²) in [6, 6.07) is 2.23. The highest BCUT2D eigenvalue weighted by molar-refractivity contribution is 6.03. The number of carbonyl (C=O) groups excluding carboxylic acids is 1. The number of nitrogens with two attached hydrogens (primary N) is 1. The number of nitrogens with zero attached hydrogens (tertiary/aromatic N) is 2. The standard InChI is InChI=1S/C27H29F5N6O3/c1-5-15-10-36-25(39)19-24(35-11-16-8-12(2)38-41-16)22(29)23(37-26(19)40-13(3)6-7-34-15)17-9-18(33)21(28)14(4)20(17)27(30,31)32/h5,8-9,13,34H,6-7,10-11,33H2,1-4H3,(H,35,37)(H,36,39)/b15-5-/t13-/m0/s1. The van der Waals surface area contributed by atoms with Gasteiger partial charge in [-0.3, -0.25) is 4.79 Å². The number of hydrogen-bond acceptors (Lipinski definition) is 8. The molecule has 0 spiro atoms. The number of nitrogen functional groups attached to an aromatic ring is 1. The van der Waals surface area contributed by atoms with Crippen LogP contribution in [0.2, 0.25) is 0 Å². The zero-order valence-electron chi connectivity index (χ0n) is 22.7. The van der Waals surface area contributed by atoms with E-state index in [1.165, 1.54) is 0 Å². The molecule has 0 fully saturated rings. The largest absolute Gasteiger partial charge is 0.474 e. The second-order valence-corrected chi connectivity index (χ2v) is 9.58. The number of halogens is 5. The predicted molar refractivity (Wildman–Crippen MR) is 141 cm³/mol. The van der Waals surface area contributed by atoms with Gasteiger partial charge in [-0.15, -0.1) is 0 Å². The minimum atomic E-state index is -5.09. The molecule has 4 rings (SSSR count). The summed E-state index contributed by atoms with van der Waals surface area (Å²) in [6.45, 7) is 6.32. The lowest BCUT2D eigenvalue weighted by molar-refractivity contribution is -0.137. The van der Waals surface area contributed by atoms with E-state index in [9.17, 15) is 22.4 Å². The normalized spacial score (nSPS) is 17.2. The summed E-state index contributed by atoms with van der Waals surface area (Å²) < 4.78 is 84.6. The highest BCUT2D eigenvalue weighted by Gasteiger charge is 2.39. The van der Waals surface area contributed by atoms with Crippen molar-refractivity contribution in [1.29, 1.82) is 0 Å². The van der Waals surface area contributed by atoms with E-state index in [0.29, 0.717) is 30.4 Å². The lowest BCUT2D eigenvalue weighted by atomic mass is 9.95. The van der Waals surface area contributed by atoms with E-state index in [4.69, 9.17) is 15.0 Å². The molecule has 1 aliphatic rings. The number of hydrogen-bond donors (Lipinski definition) is 4. The first kappa shape index (κ1) is 29.6. The van der Waals surface area contributed by atoms with Crippen molar-refractivity contribution in [3.05, 3.63) is 63.7 Å². The summed E-state index contributed by atoms with van der Waals surface area (Å²) >= 11 is 0. The molecule has 0 saturated heterocycles. The summed E-state index contributed by atoms with van der Waals surface area (Å²) in [5.41, 5.74) is 1.48. The van der Waals surface area contributed by atoms with Crippen LogP contribution in [0.1, 0.15) is 53.2 Å². The van der Waals surface area contributed by atoms with Gasteiger partial charge in [0.2, 0.25) is 5.88 Å². The molecule has 5 N–H and O–H groups in total. The van der Waals surface area contributed by atoms with E-state index < -0.39 is 69.5 Å². The van der Waals surface area contributed by atoms with Gasteiger partial charge >= 0.3 is 6.18 Å². The Morgan fingerprint density at radius 3 is 2.56 bits per heavy atom. The molecular weight excluding hydrogens is 551 g/mol. The Labute approximate surface area is 232 Å². The molecule has 0 saturated carbocycles. The Balaban J connectivity index is 2.00. The van der Waals surface area contributed by atoms with Gasteiger partial charge in [0.25, 0.3) is 5.91 Å². The molecule has 3 aromatic rings. The maximum absolute atomic E-state index is 16.4. The van der Waals surface area contributed by atoms with Crippen LogP contribution >= 0.6 is 0 Å². The third-order valence-electron chi connectivity index (χ3n) is 6.52. The number of fused-ring (bicyclic) bond motifs is 1. The minimum Gasteiger partial charge on any atom is -0.474 e. The number of pyridine rings is 1. The topological polar surface area (TPSA) is 127 Å². The van der Waals surface area contributed by atoms with Crippen LogP contribution in [0.15, 0.2) is 28.4 Å². The maximum Gasteiger partial charge on any atom is 0.417 e. The quantitative estimate of drug-likeness (QED) is 0.244. The third-order valence-corrected chi connectivity index (χ3v) is 6.52. The van der Waals surface area contributed by atoms with Crippen molar-refractivity contribution in [2.45, 2.75) is 52.9 Å². The minimum absolute atomic E-state index is 0.0547. The van der Waals surface area contributed by atoms with Crippen molar-refractivity contribution in [1.82, 2.24) is 20.8 Å². The Kier molecular flexibility index (Phi) is 8.40. The van der Waals surface area contributed by atoms with E-state index >= 15 is 4.39 Å². The summed E-state index contributed by atoms with van der Waals surface area (Å²) in [6.07, 6.45) is -3.51. The number of alkyl halides is 3. The van der Waals surface area contributed by atoms with Crippen LogP contribution in [-0.4, -0.2) is 35.2 Å². The molecule has 0 unspecified atom stereocenters. The van der Waals surface area contributed by atoms with Crippen LogP contribution in [0.4, 0.5) is 33.3 Å². The van der Waals surface area contributed by atoms with Crippen molar-refractivity contribution < 1.29 is 36.0 Å². The second kappa shape index (κ2) is 11.6. The average Bonchev–Trinajstić information content (AvgIpc) is 3.31. The molecule has 9 nitrogen and oxygen atoms in total. The fraction of sp³-hybridized carbons (Fsp3) is 0.370. The van der Waals surface area contributed by atoms with Crippen LogP contribution in [0.3, 0.4) is 0 Å². The zero-order chi connectivity index (χ0) is 30.1. The fourth-order valence-electron chi connectivity index (χ4n) is 4.44. The Morgan fingerprint density at radius 2 is 1.93 bits per heavy atom. The molecule has 0 radical (unpaired) electrons. The van der Waals surface area contributed by atoms with E-state index in [0.717, 1.165) is 6.92 Å². The molecule has 14 heteroatoms. The second-order valence-electron chi connectivity index (χ2n) is 9.58. The van der Waals surface area contributed by atoms with Crippen molar-refractivity contribution in [3.8, 4) is 17.1 Å². The fourth-order valence-corrected chi connectivity index (χ4v) is 4.44. The summed E-state index contributed by atoms with van der Waals surface area (Å²) in [4.78, 5) is 17.5. The summed E-state index contributed by atoms with van der Waals surface area (Å²) in [5, 5.41) is 12.3. The highest BCUT2D eigenvalue weighted by atomic mass is 19.4. The molecule has 1 aliphatic heterocycles. The number of carbonyl (C=O) groups is 1. The zero-order valence-corrected chi connectivity index (χ0v) is 22.7. The smallest absolute Gasteiger partial charge is 0.417 e. The average molecular weight is 581 g/mol. The number of amides is 1. The van der Waals surface area contributed by atoms with Crippen LogP contribution in [0, 0.1) is 25.5 Å². The Morgan fingerprint density at radius 1 is 1.20 bits per heavy atom. The molecule has 1 amide bonds.